The summed E-state index contributed by atoms with van der Waals surface area (Å²) in [6.45, 7) is 6.77. The molecule has 0 bridgehead atoms. The molecule has 130 valence electrons. The number of benzene rings is 1. The Labute approximate surface area is 142 Å². The van der Waals surface area contributed by atoms with Crippen molar-refractivity contribution < 1.29 is 19.1 Å². The van der Waals surface area contributed by atoms with E-state index in [9.17, 15) is 14.4 Å². The van der Waals surface area contributed by atoms with Gasteiger partial charge in [0.25, 0.3) is 5.91 Å². The minimum absolute atomic E-state index is 0.0979. The molecule has 1 unspecified atom stereocenters. The average molecular weight is 332 g/mol. The second-order valence-corrected chi connectivity index (χ2v) is 6.38. The summed E-state index contributed by atoms with van der Waals surface area (Å²) in [4.78, 5) is 37.4. The van der Waals surface area contributed by atoms with E-state index in [2.05, 4.69) is 5.32 Å². The van der Waals surface area contributed by atoms with Crippen molar-refractivity contribution in [3.63, 3.8) is 0 Å². The number of nitrogens with zero attached hydrogens (tertiary/aromatic N) is 1. The monoisotopic (exact) mass is 332 g/mol. The van der Waals surface area contributed by atoms with Crippen LogP contribution >= 0.6 is 0 Å². The predicted molar refractivity (Wildman–Crippen MR) is 90.8 cm³/mol. The molecule has 1 fully saturated rings. The molecule has 1 aromatic carbocycles. The summed E-state index contributed by atoms with van der Waals surface area (Å²) in [5.74, 6) is -0.434. The van der Waals surface area contributed by atoms with Crippen LogP contribution in [-0.4, -0.2) is 37.0 Å². The van der Waals surface area contributed by atoms with Crippen molar-refractivity contribution in [2.75, 3.05) is 18.0 Å². The first-order valence-corrected chi connectivity index (χ1v) is 8.27. The van der Waals surface area contributed by atoms with Crippen molar-refractivity contribution in [3.05, 3.63) is 29.8 Å². The fourth-order valence-electron chi connectivity index (χ4n) is 2.43. The maximum Gasteiger partial charge on any atom is 0.338 e. The van der Waals surface area contributed by atoms with E-state index in [1.54, 1.807) is 36.1 Å². The number of anilines is 1. The van der Waals surface area contributed by atoms with Gasteiger partial charge in [-0.15, -0.1) is 0 Å². The largest absolute Gasteiger partial charge is 0.449 e. The van der Waals surface area contributed by atoms with Crippen molar-refractivity contribution in [1.82, 2.24) is 5.32 Å². The Kier molecular flexibility index (Phi) is 5.95. The van der Waals surface area contributed by atoms with Crippen LogP contribution in [0, 0.1) is 5.92 Å². The fourth-order valence-corrected chi connectivity index (χ4v) is 2.43. The van der Waals surface area contributed by atoms with Crippen LogP contribution in [0.1, 0.15) is 44.0 Å². The lowest BCUT2D eigenvalue weighted by Crippen LogP contribution is -2.37. The molecular weight excluding hydrogens is 308 g/mol. The Hall–Kier alpha value is -2.37. The molecule has 1 aromatic rings. The normalized spacial score (nSPS) is 15.5. The van der Waals surface area contributed by atoms with E-state index in [-0.39, 0.29) is 11.8 Å². The third-order valence-electron chi connectivity index (χ3n) is 3.83. The van der Waals surface area contributed by atoms with Gasteiger partial charge in [0.15, 0.2) is 6.10 Å². The summed E-state index contributed by atoms with van der Waals surface area (Å²) in [5.41, 5.74) is 1.13. The molecule has 6 nitrogen and oxygen atoms in total. The van der Waals surface area contributed by atoms with Crippen molar-refractivity contribution in [2.45, 2.75) is 39.7 Å². The molecule has 24 heavy (non-hydrogen) atoms. The number of carbonyl (C=O) groups is 3. The van der Waals surface area contributed by atoms with E-state index < -0.39 is 12.1 Å². The highest BCUT2D eigenvalue weighted by Gasteiger charge is 2.22. The number of rotatable bonds is 6. The zero-order valence-electron chi connectivity index (χ0n) is 14.4. The van der Waals surface area contributed by atoms with Crippen molar-refractivity contribution in [2.24, 2.45) is 5.92 Å². The van der Waals surface area contributed by atoms with Gasteiger partial charge in [-0.1, -0.05) is 13.8 Å². The summed E-state index contributed by atoms with van der Waals surface area (Å²) in [5, 5.41) is 2.73. The van der Waals surface area contributed by atoms with Crippen LogP contribution in [0.2, 0.25) is 0 Å². The maximum absolute atomic E-state index is 12.1. The predicted octanol–water partition coefficient (Wildman–Crippen LogP) is 2.13. The van der Waals surface area contributed by atoms with Crippen molar-refractivity contribution >= 4 is 23.5 Å². The number of esters is 1. The third-order valence-corrected chi connectivity index (χ3v) is 3.83. The Bertz CT molecular complexity index is 610. The zero-order valence-corrected chi connectivity index (χ0v) is 14.4. The average Bonchev–Trinajstić information content (AvgIpc) is 2.98. The van der Waals surface area contributed by atoms with Gasteiger partial charge < -0.3 is 15.0 Å². The van der Waals surface area contributed by atoms with Crippen LogP contribution in [0.25, 0.3) is 0 Å². The Morgan fingerprint density at radius 2 is 1.88 bits per heavy atom. The van der Waals surface area contributed by atoms with Crippen molar-refractivity contribution in [1.29, 1.82) is 0 Å². The number of amides is 2. The van der Waals surface area contributed by atoms with Gasteiger partial charge in [-0.2, -0.15) is 0 Å². The second kappa shape index (κ2) is 7.95. The van der Waals surface area contributed by atoms with Gasteiger partial charge in [0.05, 0.1) is 5.56 Å². The molecule has 0 aliphatic carbocycles. The molecule has 1 aliphatic rings. The summed E-state index contributed by atoms with van der Waals surface area (Å²) in [7, 11) is 0. The first-order valence-electron chi connectivity index (χ1n) is 8.27. The number of ether oxygens (including phenoxy) is 1. The highest BCUT2D eigenvalue weighted by molar-refractivity contribution is 5.96. The smallest absolute Gasteiger partial charge is 0.338 e. The Morgan fingerprint density at radius 1 is 1.21 bits per heavy atom. The summed E-state index contributed by atoms with van der Waals surface area (Å²) < 4.78 is 5.19. The lowest BCUT2D eigenvalue weighted by molar-refractivity contribution is -0.129. The van der Waals surface area contributed by atoms with Crippen molar-refractivity contribution in [3.8, 4) is 0 Å². The lowest BCUT2D eigenvalue weighted by Gasteiger charge is -2.17. The molecule has 2 rings (SSSR count). The molecule has 1 atom stereocenters. The van der Waals surface area contributed by atoms with Crippen LogP contribution in [0.5, 0.6) is 0 Å². The van der Waals surface area contributed by atoms with Crippen LogP contribution < -0.4 is 10.2 Å². The Morgan fingerprint density at radius 3 is 2.42 bits per heavy atom. The van der Waals surface area contributed by atoms with Crippen LogP contribution in [0.15, 0.2) is 24.3 Å². The van der Waals surface area contributed by atoms with E-state index >= 15 is 0 Å². The molecule has 0 aromatic heterocycles. The zero-order chi connectivity index (χ0) is 17.7. The number of hydrogen-bond donors (Lipinski definition) is 1. The van der Waals surface area contributed by atoms with Gasteiger partial charge in [0.2, 0.25) is 5.91 Å². The SMILES string of the molecule is CC(C)CNC(=O)C(C)OC(=O)c1ccc(N2CCCC2=O)cc1. The minimum atomic E-state index is -0.851. The summed E-state index contributed by atoms with van der Waals surface area (Å²) in [6, 6.07) is 6.68. The summed E-state index contributed by atoms with van der Waals surface area (Å²) in [6.07, 6.45) is 0.564. The molecule has 1 N–H and O–H groups in total. The molecule has 6 heteroatoms. The van der Waals surface area contributed by atoms with Gasteiger partial charge in [-0.3, -0.25) is 9.59 Å². The second-order valence-electron chi connectivity index (χ2n) is 6.38. The van der Waals surface area contributed by atoms with E-state index in [1.807, 2.05) is 13.8 Å². The van der Waals surface area contributed by atoms with Gasteiger partial charge in [-0.05, 0) is 43.5 Å². The fraction of sp³-hybridized carbons (Fsp3) is 0.500. The molecule has 0 radical (unpaired) electrons. The number of hydrogen-bond acceptors (Lipinski definition) is 4. The standard InChI is InChI=1S/C18H24N2O4/c1-12(2)11-19-17(22)13(3)24-18(23)14-6-8-15(9-7-14)20-10-4-5-16(20)21/h6-9,12-13H,4-5,10-11H2,1-3H3,(H,19,22). The molecule has 2 amide bonds. The van der Waals surface area contributed by atoms with Crippen LogP contribution in [0.3, 0.4) is 0 Å². The Balaban J connectivity index is 1.92. The van der Waals surface area contributed by atoms with Gasteiger partial charge in [0, 0.05) is 25.2 Å². The third kappa shape index (κ3) is 4.57. The van der Waals surface area contributed by atoms with Crippen LogP contribution in [0.4, 0.5) is 5.69 Å². The first-order chi connectivity index (χ1) is 11.4. The van der Waals surface area contributed by atoms with Gasteiger partial charge in [-0.25, -0.2) is 4.79 Å². The molecule has 1 saturated heterocycles. The van der Waals surface area contributed by atoms with E-state index in [0.717, 1.165) is 12.1 Å². The quantitative estimate of drug-likeness (QED) is 0.810. The lowest BCUT2D eigenvalue weighted by atomic mass is 10.2. The number of carbonyl (C=O) groups excluding carboxylic acids is 3. The molecule has 1 aliphatic heterocycles. The van der Waals surface area contributed by atoms with E-state index in [1.165, 1.54) is 0 Å². The highest BCUT2D eigenvalue weighted by Crippen LogP contribution is 2.21. The summed E-state index contributed by atoms with van der Waals surface area (Å²) >= 11 is 0. The topological polar surface area (TPSA) is 75.7 Å². The molecule has 0 spiro atoms. The van der Waals surface area contributed by atoms with E-state index in [4.69, 9.17) is 4.74 Å². The molecular formula is C18H24N2O4. The minimum Gasteiger partial charge on any atom is -0.449 e. The van der Waals surface area contributed by atoms with Gasteiger partial charge >= 0.3 is 5.97 Å². The van der Waals surface area contributed by atoms with E-state index in [0.29, 0.717) is 31.0 Å². The number of nitrogens with one attached hydrogen (secondary N) is 1. The maximum atomic E-state index is 12.1. The molecule has 0 saturated carbocycles. The van der Waals surface area contributed by atoms with Crippen LogP contribution in [-0.2, 0) is 14.3 Å². The first kappa shape index (κ1) is 18.0. The molecule has 1 heterocycles. The van der Waals surface area contributed by atoms with Gasteiger partial charge in [0.1, 0.15) is 0 Å². The highest BCUT2D eigenvalue weighted by atomic mass is 16.5.